The lowest BCUT2D eigenvalue weighted by Crippen LogP contribution is -2.50. The van der Waals surface area contributed by atoms with Gasteiger partial charge < -0.3 is 9.80 Å². The van der Waals surface area contributed by atoms with Crippen LogP contribution in [0.25, 0.3) is 22.4 Å². The van der Waals surface area contributed by atoms with E-state index in [1.54, 1.807) is 0 Å². The highest BCUT2D eigenvalue weighted by Gasteiger charge is 2.27. The molecule has 0 saturated carbocycles. The smallest absolute Gasteiger partial charge is 0.236 e. The summed E-state index contributed by atoms with van der Waals surface area (Å²) in [6, 6.07) is 10.3. The van der Waals surface area contributed by atoms with Crippen LogP contribution in [0.15, 0.2) is 30.3 Å². The Bertz CT molecular complexity index is 1220. The highest BCUT2D eigenvalue weighted by atomic mass is 32.1. The molecular weight excluding hydrogens is 454 g/mol. The molecule has 3 aromatic rings. The number of aryl methyl sites for hydroxylation is 2. The monoisotopic (exact) mass is 487 g/mol. The van der Waals surface area contributed by atoms with Crippen LogP contribution in [-0.2, 0) is 17.6 Å². The average Bonchev–Trinajstić information content (AvgIpc) is 3.56. The minimum absolute atomic E-state index is 0.292. The van der Waals surface area contributed by atoms with Crippen LogP contribution in [0.5, 0.6) is 0 Å². The maximum Gasteiger partial charge on any atom is 0.236 e. The third-order valence-electron chi connectivity index (χ3n) is 7.53. The number of anilines is 1. The number of likely N-dealkylation sites (tertiary alicyclic amines) is 1. The predicted octanol–water partition coefficient (Wildman–Crippen LogP) is 4.48. The second kappa shape index (κ2) is 10.1. The van der Waals surface area contributed by atoms with Crippen LogP contribution in [0.1, 0.15) is 47.5 Å². The van der Waals surface area contributed by atoms with Crippen molar-refractivity contribution in [2.45, 2.75) is 38.5 Å². The normalized spacial score (nSPS) is 19.1. The molecule has 182 valence electrons. The first-order chi connectivity index (χ1) is 17.2. The molecule has 35 heavy (non-hydrogen) atoms. The van der Waals surface area contributed by atoms with E-state index in [1.165, 1.54) is 28.7 Å². The zero-order valence-corrected chi connectivity index (χ0v) is 21.1. The number of thiophene rings is 1. The van der Waals surface area contributed by atoms with Gasteiger partial charge in [-0.3, -0.25) is 9.69 Å². The highest BCUT2D eigenvalue weighted by Crippen LogP contribution is 2.40. The molecular formula is C28H33N5OS. The molecule has 2 saturated heterocycles. The molecule has 2 aromatic heterocycles. The Kier molecular flexibility index (Phi) is 6.53. The molecule has 0 N–H and O–H groups in total. The Labute approximate surface area is 211 Å². The maximum atomic E-state index is 12.6. The van der Waals surface area contributed by atoms with Gasteiger partial charge in [-0.15, -0.1) is 11.3 Å². The average molecular weight is 488 g/mol. The van der Waals surface area contributed by atoms with Gasteiger partial charge in [0.1, 0.15) is 10.6 Å². The van der Waals surface area contributed by atoms with Crippen LogP contribution in [-0.4, -0.2) is 71.5 Å². The molecule has 0 bridgehead atoms. The summed E-state index contributed by atoms with van der Waals surface area (Å²) in [5.74, 6) is 2.16. The van der Waals surface area contributed by atoms with E-state index in [1.807, 2.05) is 28.4 Å². The fourth-order valence-corrected chi connectivity index (χ4v) is 6.83. The van der Waals surface area contributed by atoms with Crippen molar-refractivity contribution < 1.29 is 4.79 Å². The van der Waals surface area contributed by atoms with E-state index in [4.69, 9.17) is 9.97 Å². The van der Waals surface area contributed by atoms with Crippen LogP contribution in [0, 0.1) is 0 Å². The predicted molar refractivity (Wildman–Crippen MR) is 144 cm³/mol. The molecule has 1 aromatic carbocycles. The quantitative estimate of drug-likeness (QED) is 0.531. The zero-order valence-electron chi connectivity index (χ0n) is 20.3. The molecule has 2 aliphatic heterocycles. The van der Waals surface area contributed by atoms with Crippen LogP contribution in [0.3, 0.4) is 0 Å². The van der Waals surface area contributed by atoms with Gasteiger partial charge in [0.25, 0.3) is 0 Å². The van der Waals surface area contributed by atoms with Crippen molar-refractivity contribution in [3.8, 4) is 0 Å². The van der Waals surface area contributed by atoms with E-state index in [0.717, 1.165) is 87.0 Å². The largest absolute Gasteiger partial charge is 0.353 e. The lowest BCUT2D eigenvalue weighted by Gasteiger charge is -2.36. The molecule has 2 fully saturated rings. The first-order valence-electron chi connectivity index (χ1n) is 13.0. The third kappa shape index (κ3) is 4.84. The number of piperazine rings is 1. The fourth-order valence-electron chi connectivity index (χ4n) is 5.57. The molecule has 7 heteroatoms. The van der Waals surface area contributed by atoms with Gasteiger partial charge in [0, 0.05) is 44.1 Å². The summed E-state index contributed by atoms with van der Waals surface area (Å²) in [4.78, 5) is 32.1. The van der Waals surface area contributed by atoms with Gasteiger partial charge in [-0.05, 0) is 55.7 Å². The van der Waals surface area contributed by atoms with Crippen molar-refractivity contribution in [1.82, 2.24) is 19.8 Å². The lowest BCUT2D eigenvalue weighted by atomic mass is 9.97. The SMILES string of the molecule is O=C(CN1CCN(c2nc(/C=C/c3ccccc3)nc3sc4c(c23)CCCC4)CC1)N1CCCC1. The number of nitrogens with zero attached hydrogens (tertiary/aromatic N) is 5. The van der Waals surface area contributed by atoms with Gasteiger partial charge in [0.15, 0.2) is 5.82 Å². The topological polar surface area (TPSA) is 52.6 Å². The van der Waals surface area contributed by atoms with Gasteiger partial charge >= 0.3 is 0 Å². The molecule has 6 rings (SSSR count). The van der Waals surface area contributed by atoms with Crippen molar-refractivity contribution in [2.75, 3.05) is 50.7 Å². The van der Waals surface area contributed by atoms with Crippen molar-refractivity contribution >= 4 is 45.4 Å². The first kappa shape index (κ1) is 22.7. The number of benzene rings is 1. The number of aromatic nitrogens is 2. The number of carbonyl (C=O) groups excluding carboxylic acids is 1. The van der Waals surface area contributed by atoms with E-state index >= 15 is 0 Å². The Morgan fingerprint density at radius 1 is 0.886 bits per heavy atom. The molecule has 0 unspecified atom stereocenters. The summed E-state index contributed by atoms with van der Waals surface area (Å²) in [5.41, 5.74) is 2.64. The van der Waals surface area contributed by atoms with E-state index in [2.05, 4.69) is 40.1 Å². The van der Waals surface area contributed by atoms with Crippen molar-refractivity contribution in [1.29, 1.82) is 0 Å². The van der Waals surface area contributed by atoms with E-state index in [0.29, 0.717) is 12.5 Å². The summed E-state index contributed by atoms with van der Waals surface area (Å²) in [7, 11) is 0. The molecule has 1 aliphatic carbocycles. The Morgan fingerprint density at radius 3 is 2.46 bits per heavy atom. The number of hydrogen-bond acceptors (Lipinski definition) is 6. The van der Waals surface area contributed by atoms with Gasteiger partial charge in [-0.25, -0.2) is 9.97 Å². The minimum Gasteiger partial charge on any atom is -0.353 e. The van der Waals surface area contributed by atoms with Crippen LogP contribution in [0.4, 0.5) is 5.82 Å². The number of hydrogen-bond donors (Lipinski definition) is 0. The second-order valence-electron chi connectivity index (χ2n) is 9.89. The number of carbonyl (C=O) groups is 1. The third-order valence-corrected chi connectivity index (χ3v) is 8.71. The summed E-state index contributed by atoms with van der Waals surface area (Å²) in [6.07, 6.45) is 11.3. The summed E-state index contributed by atoms with van der Waals surface area (Å²) in [6.45, 7) is 5.99. The van der Waals surface area contributed by atoms with Crippen molar-refractivity contribution in [2.24, 2.45) is 0 Å². The lowest BCUT2D eigenvalue weighted by molar-refractivity contribution is -0.131. The van der Waals surface area contributed by atoms with Crippen LogP contribution in [0.2, 0.25) is 0 Å². The standard InChI is InChI=1S/C28H33N5OS/c34-25(32-14-6-7-15-32)20-31-16-18-33(19-17-31)27-26-22-10-4-5-11-23(22)35-28(26)30-24(29-27)13-12-21-8-2-1-3-9-21/h1-3,8-9,12-13H,4-7,10-11,14-20H2/b13-12+. The minimum atomic E-state index is 0.292. The number of rotatable bonds is 5. The van der Waals surface area contributed by atoms with Crippen LogP contribution >= 0.6 is 11.3 Å². The van der Waals surface area contributed by atoms with Crippen molar-refractivity contribution in [3.05, 3.63) is 52.2 Å². The van der Waals surface area contributed by atoms with E-state index in [-0.39, 0.29) is 0 Å². The summed E-state index contributed by atoms with van der Waals surface area (Å²) < 4.78 is 0. The zero-order chi connectivity index (χ0) is 23.6. The molecule has 1 amide bonds. The molecule has 4 heterocycles. The first-order valence-corrected chi connectivity index (χ1v) is 13.9. The number of fused-ring (bicyclic) bond motifs is 3. The molecule has 3 aliphatic rings. The highest BCUT2D eigenvalue weighted by molar-refractivity contribution is 7.19. The Balaban J connectivity index is 1.26. The maximum absolute atomic E-state index is 12.6. The molecule has 0 radical (unpaired) electrons. The fraction of sp³-hybridized carbons (Fsp3) is 0.464. The van der Waals surface area contributed by atoms with Gasteiger partial charge in [-0.2, -0.15) is 0 Å². The van der Waals surface area contributed by atoms with Gasteiger partial charge in [-0.1, -0.05) is 36.4 Å². The second-order valence-corrected chi connectivity index (χ2v) is 11.0. The molecule has 0 spiro atoms. The Hall–Kier alpha value is -2.77. The molecule has 0 atom stereocenters. The van der Waals surface area contributed by atoms with Crippen molar-refractivity contribution in [3.63, 3.8) is 0 Å². The summed E-state index contributed by atoms with van der Waals surface area (Å²) >= 11 is 1.86. The van der Waals surface area contributed by atoms with Crippen LogP contribution < -0.4 is 4.90 Å². The van der Waals surface area contributed by atoms with Gasteiger partial charge in [0.05, 0.1) is 11.9 Å². The number of amides is 1. The van der Waals surface area contributed by atoms with E-state index in [9.17, 15) is 4.79 Å². The Morgan fingerprint density at radius 2 is 1.66 bits per heavy atom. The molecule has 6 nitrogen and oxygen atoms in total. The van der Waals surface area contributed by atoms with E-state index < -0.39 is 0 Å². The van der Waals surface area contributed by atoms with Gasteiger partial charge in [0.2, 0.25) is 5.91 Å². The summed E-state index contributed by atoms with van der Waals surface area (Å²) in [5, 5.41) is 1.28.